The van der Waals surface area contributed by atoms with Gasteiger partial charge in [0.25, 0.3) is 5.91 Å². The summed E-state index contributed by atoms with van der Waals surface area (Å²) < 4.78 is 10.7. The van der Waals surface area contributed by atoms with Crippen LogP contribution in [0.2, 0.25) is 0 Å². The van der Waals surface area contributed by atoms with Gasteiger partial charge in [0.2, 0.25) is 11.8 Å². The van der Waals surface area contributed by atoms with Crippen molar-refractivity contribution in [3.05, 3.63) is 78.3 Å². The van der Waals surface area contributed by atoms with E-state index < -0.39 is 5.92 Å². The molecule has 1 atom stereocenters. The van der Waals surface area contributed by atoms with Gasteiger partial charge in [0.05, 0.1) is 36.6 Å². The van der Waals surface area contributed by atoms with Crippen LogP contribution in [-0.2, 0) is 16.1 Å². The summed E-state index contributed by atoms with van der Waals surface area (Å²) in [6.45, 7) is 2.97. The number of rotatable bonds is 8. The molecule has 3 amide bonds. The normalized spacial score (nSPS) is 15.4. The van der Waals surface area contributed by atoms with Gasteiger partial charge in [-0.2, -0.15) is 0 Å². The third-order valence-electron chi connectivity index (χ3n) is 5.39. The molecule has 2 aromatic carbocycles. The molecule has 1 aliphatic heterocycles. The van der Waals surface area contributed by atoms with Crippen LogP contribution in [0, 0.1) is 5.92 Å². The highest BCUT2D eigenvalue weighted by Gasteiger charge is 2.35. The molecule has 0 spiro atoms. The van der Waals surface area contributed by atoms with Gasteiger partial charge in [-0.3, -0.25) is 14.4 Å². The Hall–Kier alpha value is -4.07. The van der Waals surface area contributed by atoms with Crippen molar-refractivity contribution in [1.29, 1.82) is 0 Å². The lowest BCUT2D eigenvalue weighted by atomic mass is 10.1. The van der Waals surface area contributed by atoms with Gasteiger partial charge in [-0.25, -0.2) is 0 Å². The molecule has 0 unspecified atom stereocenters. The summed E-state index contributed by atoms with van der Waals surface area (Å²) in [7, 11) is 0. The second kappa shape index (κ2) is 10.0. The smallest absolute Gasteiger partial charge is 0.253 e. The molecule has 2 N–H and O–H groups in total. The maximum absolute atomic E-state index is 12.9. The fraction of sp³-hybridized carbons (Fsp3) is 0.240. The van der Waals surface area contributed by atoms with Gasteiger partial charge in [0.1, 0.15) is 11.5 Å². The van der Waals surface area contributed by atoms with E-state index in [1.54, 1.807) is 53.4 Å². The molecule has 1 fully saturated rings. The summed E-state index contributed by atoms with van der Waals surface area (Å²) in [6.07, 6.45) is 1.64. The van der Waals surface area contributed by atoms with Gasteiger partial charge < -0.3 is 24.7 Å². The molecule has 0 saturated carbocycles. The van der Waals surface area contributed by atoms with E-state index in [2.05, 4.69) is 10.6 Å². The maximum atomic E-state index is 12.9. The van der Waals surface area contributed by atoms with Crippen LogP contribution in [0.15, 0.2) is 71.3 Å². The molecule has 8 heteroatoms. The maximum Gasteiger partial charge on any atom is 0.253 e. The van der Waals surface area contributed by atoms with Crippen LogP contribution in [0.4, 0.5) is 11.4 Å². The van der Waals surface area contributed by atoms with Crippen LogP contribution in [0.25, 0.3) is 0 Å². The molecule has 0 aliphatic carbocycles. The Kier molecular flexibility index (Phi) is 6.73. The first kappa shape index (κ1) is 22.1. The van der Waals surface area contributed by atoms with E-state index in [4.69, 9.17) is 9.15 Å². The number of para-hydroxylation sites is 1. The lowest BCUT2D eigenvalue weighted by Crippen LogP contribution is -2.29. The summed E-state index contributed by atoms with van der Waals surface area (Å²) in [5, 5.41) is 5.60. The highest BCUT2D eigenvalue weighted by Crippen LogP contribution is 2.28. The number of nitrogens with zero attached hydrogens (tertiary/aromatic N) is 1. The molecule has 33 heavy (non-hydrogen) atoms. The van der Waals surface area contributed by atoms with Crippen molar-refractivity contribution >= 4 is 29.1 Å². The molecule has 4 rings (SSSR count). The van der Waals surface area contributed by atoms with Crippen molar-refractivity contribution in [3.8, 4) is 5.75 Å². The Labute approximate surface area is 191 Å². The van der Waals surface area contributed by atoms with Gasteiger partial charge in [-0.1, -0.05) is 12.1 Å². The van der Waals surface area contributed by atoms with E-state index in [0.29, 0.717) is 23.6 Å². The average Bonchev–Trinajstić information content (AvgIpc) is 3.48. The third-order valence-corrected chi connectivity index (χ3v) is 5.39. The Morgan fingerprint density at radius 3 is 2.61 bits per heavy atom. The van der Waals surface area contributed by atoms with Crippen LogP contribution < -0.4 is 20.3 Å². The Balaban J connectivity index is 1.40. The zero-order chi connectivity index (χ0) is 23.2. The van der Waals surface area contributed by atoms with Crippen LogP contribution in [-0.4, -0.2) is 30.9 Å². The molecule has 170 valence electrons. The zero-order valence-electron chi connectivity index (χ0n) is 18.2. The standard InChI is InChI=1S/C25H25N3O5/c1-2-32-19-11-9-18(10-12-19)28-16-17(14-23(28)29)24(30)27-22-8-4-3-7-21(22)25(31)26-15-20-6-5-13-33-20/h3-13,17H,2,14-16H2,1H3,(H,26,31)(H,27,30)/t17-/m1/s1. The fourth-order valence-corrected chi connectivity index (χ4v) is 3.72. The Morgan fingerprint density at radius 1 is 1.09 bits per heavy atom. The minimum atomic E-state index is -0.525. The molecule has 2 heterocycles. The van der Waals surface area contributed by atoms with Gasteiger partial charge in [-0.05, 0) is 55.5 Å². The van der Waals surface area contributed by atoms with Crippen LogP contribution in [0.5, 0.6) is 5.75 Å². The van der Waals surface area contributed by atoms with Crippen LogP contribution >= 0.6 is 0 Å². The number of benzene rings is 2. The van der Waals surface area contributed by atoms with Crippen LogP contribution in [0.1, 0.15) is 29.5 Å². The summed E-state index contributed by atoms with van der Waals surface area (Å²) in [5.41, 5.74) is 1.45. The van der Waals surface area contributed by atoms with E-state index in [1.807, 2.05) is 19.1 Å². The molecular weight excluding hydrogens is 422 g/mol. The Bertz CT molecular complexity index is 1130. The largest absolute Gasteiger partial charge is 0.494 e. The molecule has 0 radical (unpaired) electrons. The second-order valence-electron chi connectivity index (χ2n) is 7.63. The number of hydrogen-bond acceptors (Lipinski definition) is 5. The number of furan rings is 1. The van der Waals surface area contributed by atoms with Crippen molar-refractivity contribution < 1.29 is 23.5 Å². The van der Waals surface area contributed by atoms with Crippen molar-refractivity contribution in [1.82, 2.24) is 5.32 Å². The zero-order valence-corrected chi connectivity index (χ0v) is 18.2. The molecule has 3 aromatic rings. The van der Waals surface area contributed by atoms with E-state index in [-0.39, 0.29) is 37.2 Å². The van der Waals surface area contributed by atoms with Crippen molar-refractivity contribution in [2.75, 3.05) is 23.4 Å². The van der Waals surface area contributed by atoms with Gasteiger partial charge in [-0.15, -0.1) is 0 Å². The number of anilines is 2. The summed E-state index contributed by atoms with van der Waals surface area (Å²) >= 11 is 0. The average molecular weight is 447 g/mol. The van der Waals surface area contributed by atoms with Gasteiger partial charge in [0.15, 0.2) is 0 Å². The first-order chi connectivity index (χ1) is 16.0. The Morgan fingerprint density at radius 2 is 1.88 bits per heavy atom. The molecule has 1 aliphatic rings. The number of carbonyl (C=O) groups excluding carboxylic acids is 3. The monoisotopic (exact) mass is 447 g/mol. The third kappa shape index (κ3) is 5.23. The van der Waals surface area contributed by atoms with E-state index in [9.17, 15) is 14.4 Å². The van der Waals surface area contributed by atoms with Crippen molar-refractivity contribution in [3.63, 3.8) is 0 Å². The molecule has 8 nitrogen and oxygen atoms in total. The minimum Gasteiger partial charge on any atom is -0.494 e. The van der Waals surface area contributed by atoms with Crippen molar-refractivity contribution in [2.45, 2.75) is 19.9 Å². The number of amides is 3. The number of hydrogen-bond donors (Lipinski definition) is 2. The highest BCUT2D eigenvalue weighted by atomic mass is 16.5. The topological polar surface area (TPSA) is 101 Å². The number of ether oxygens (including phenoxy) is 1. The second-order valence-corrected chi connectivity index (χ2v) is 7.63. The summed E-state index contributed by atoms with van der Waals surface area (Å²) in [4.78, 5) is 39.8. The fourth-order valence-electron chi connectivity index (χ4n) is 3.72. The first-order valence-electron chi connectivity index (χ1n) is 10.8. The lowest BCUT2D eigenvalue weighted by Gasteiger charge is -2.17. The minimum absolute atomic E-state index is 0.103. The SMILES string of the molecule is CCOc1ccc(N2C[C@H](C(=O)Nc3ccccc3C(=O)NCc3ccco3)CC2=O)cc1. The predicted octanol–water partition coefficient (Wildman–Crippen LogP) is 3.60. The van der Waals surface area contributed by atoms with Gasteiger partial charge in [0, 0.05) is 18.7 Å². The predicted molar refractivity (Wildman–Crippen MR) is 123 cm³/mol. The van der Waals surface area contributed by atoms with E-state index >= 15 is 0 Å². The van der Waals surface area contributed by atoms with E-state index in [1.165, 1.54) is 6.26 Å². The van der Waals surface area contributed by atoms with Crippen LogP contribution in [0.3, 0.4) is 0 Å². The molecule has 1 aromatic heterocycles. The molecule has 1 saturated heterocycles. The van der Waals surface area contributed by atoms with Gasteiger partial charge >= 0.3 is 0 Å². The summed E-state index contributed by atoms with van der Waals surface area (Å²) in [6, 6.07) is 17.5. The van der Waals surface area contributed by atoms with Crippen molar-refractivity contribution in [2.24, 2.45) is 5.92 Å². The molecular formula is C25H25N3O5. The first-order valence-corrected chi connectivity index (χ1v) is 10.8. The quantitative estimate of drug-likeness (QED) is 0.550. The number of nitrogens with one attached hydrogen (secondary N) is 2. The number of carbonyl (C=O) groups is 3. The lowest BCUT2D eigenvalue weighted by molar-refractivity contribution is -0.122. The van der Waals surface area contributed by atoms with E-state index in [0.717, 1.165) is 11.4 Å². The summed E-state index contributed by atoms with van der Waals surface area (Å²) in [5.74, 6) is 0.0730. The molecule has 0 bridgehead atoms. The highest BCUT2D eigenvalue weighted by molar-refractivity contribution is 6.07.